The molecule has 32 heavy (non-hydrogen) atoms. The van der Waals surface area contributed by atoms with Crippen LogP contribution in [0.5, 0.6) is 0 Å². The Hall–Kier alpha value is -0.300. The van der Waals surface area contributed by atoms with Crippen molar-refractivity contribution in [1.29, 1.82) is 0 Å². The van der Waals surface area contributed by atoms with Crippen molar-refractivity contribution in [1.82, 2.24) is 0 Å². The predicted octanol–water partition coefficient (Wildman–Crippen LogP) is 8.66. The molecule has 9 atom stereocenters. The molecule has 4 aliphatic rings. The van der Waals surface area contributed by atoms with Crippen molar-refractivity contribution in [3.63, 3.8) is 0 Å². The smallest absolute Gasteiger partial charge is 0.0594 e. The van der Waals surface area contributed by atoms with Crippen molar-refractivity contribution in [3.05, 3.63) is 12.2 Å². The van der Waals surface area contributed by atoms with Gasteiger partial charge in [-0.1, -0.05) is 67.5 Å². The van der Waals surface area contributed by atoms with E-state index < -0.39 is 0 Å². The van der Waals surface area contributed by atoms with Crippen LogP contribution in [0.15, 0.2) is 12.2 Å². The van der Waals surface area contributed by atoms with Crippen LogP contribution in [0.2, 0.25) is 0 Å². The molecule has 0 spiro atoms. The van der Waals surface area contributed by atoms with Gasteiger partial charge in [-0.25, -0.2) is 0 Å². The third kappa shape index (κ3) is 3.41. The van der Waals surface area contributed by atoms with Crippen LogP contribution in [-0.4, -0.2) is 11.2 Å². The molecule has 0 saturated heterocycles. The largest absolute Gasteiger partial charge is 0.393 e. The van der Waals surface area contributed by atoms with Gasteiger partial charge in [0, 0.05) is 0 Å². The van der Waals surface area contributed by atoms with E-state index in [0.29, 0.717) is 28.1 Å². The first-order valence-corrected chi connectivity index (χ1v) is 14.1. The molecule has 0 aliphatic heterocycles. The predicted molar refractivity (Wildman–Crippen MR) is 137 cm³/mol. The fraction of sp³-hybridized carbons (Fsp3) is 0.935. The lowest BCUT2D eigenvalue weighted by atomic mass is 9.38. The number of hydrogen-bond acceptors (Lipinski definition) is 1. The molecule has 0 amide bonds. The Labute approximate surface area is 200 Å². The number of hydrogen-bond donors (Lipinski definition) is 1. The van der Waals surface area contributed by atoms with Crippen molar-refractivity contribution in [2.45, 2.75) is 126 Å². The molecule has 1 heteroatoms. The number of rotatable bonds is 5. The zero-order valence-electron chi connectivity index (χ0n) is 22.8. The molecule has 184 valence electrons. The van der Waals surface area contributed by atoms with Crippen LogP contribution < -0.4 is 0 Å². The quantitative estimate of drug-likeness (QED) is 0.422. The third-order valence-corrected chi connectivity index (χ3v) is 12.9. The second-order valence-corrected chi connectivity index (χ2v) is 14.6. The second kappa shape index (κ2) is 8.13. The van der Waals surface area contributed by atoms with Gasteiger partial charge in [-0.15, -0.1) is 0 Å². The number of fused-ring (bicyclic) bond motifs is 5. The van der Waals surface area contributed by atoms with E-state index >= 15 is 0 Å². The summed E-state index contributed by atoms with van der Waals surface area (Å²) in [6.07, 6.45) is 13.2. The van der Waals surface area contributed by atoms with E-state index in [-0.39, 0.29) is 11.5 Å². The van der Waals surface area contributed by atoms with Crippen LogP contribution in [0.1, 0.15) is 120 Å². The molecule has 0 aromatic heterocycles. The highest BCUT2D eigenvalue weighted by Gasteiger charge is 2.67. The molecule has 9 unspecified atom stereocenters. The summed E-state index contributed by atoms with van der Waals surface area (Å²) in [5.41, 5.74) is 2.94. The lowest BCUT2D eigenvalue weighted by molar-refractivity contribution is -0.200. The van der Waals surface area contributed by atoms with E-state index in [4.69, 9.17) is 0 Å². The molecule has 4 rings (SSSR count). The molecule has 4 aliphatic carbocycles. The van der Waals surface area contributed by atoms with Crippen LogP contribution in [0, 0.1) is 57.2 Å². The summed E-state index contributed by atoms with van der Waals surface area (Å²) in [6, 6.07) is 0. The Balaban J connectivity index is 1.56. The Bertz CT molecular complexity index is 720. The first-order valence-electron chi connectivity index (χ1n) is 14.1. The van der Waals surface area contributed by atoms with Crippen LogP contribution in [-0.2, 0) is 0 Å². The molecule has 4 fully saturated rings. The van der Waals surface area contributed by atoms with Gasteiger partial charge in [0.15, 0.2) is 0 Å². The highest BCUT2D eigenvalue weighted by molar-refractivity contribution is 5.16. The summed E-state index contributed by atoms with van der Waals surface area (Å²) in [4.78, 5) is 0. The van der Waals surface area contributed by atoms with Gasteiger partial charge in [-0.2, -0.15) is 0 Å². The molecular weight excluding hydrogens is 388 g/mol. The standard InChI is InChI=1S/C31H54O/c1-20(2)21(3)10-11-22(4)23-14-18-31(9)25-12-13-26-28(5,6)27(32)16-17-29(26,7)24(25)15-19-30(23,31)8/h20,22-27,32H,3,10-19H2,1-2,4-9H3. The lowest BCUT2D eigenvalue weighted by Crippen LogP contribution is -2.61. The van der Waals surface area contributed by atoms with E-state index in [0.717, 1.165) is 30.1 Å². The van der Waals surface area contributed by atoms with E-state index in [1.165, 1.54) is 63.4 Å². The van der Waals surface area contributed by atoms with Gasteiger partial charge in [-0.3, -0.25) is 0 Å². The Kier molecular flexibility index (Phi) is 6.31. The zero-order chi connectivity index (χ0) is 23.7. The minimum Gasteiger partial charge on any atom is -0.393 e. The topological polar surface area (TPSA) is 20.2 Å². The Morgan fingerprint density at radius 1 is 0.844 bits per heavy atom. The van der Waals surface area contributed by atoms with Crippen molar-refractivity contribution < 1.29 is 5.11 Å². The first-order chi connectivity index (χ1) is 14.8. The third-order valence-electron chi connectivity index (χ3n) is 12.9. The van der Waals surface area contributed by atoms with Gasteiger partial charge < -0.3 is 5.11 Å². The van der Waals surface area contributed by atoms with Gasteiger partial charge in [0.25, 0.3) is 0 Å². The van der Waals surface area contributed by atoms with Gasteiger partial charge in [0.1, 0.15) is 0 Å². The molecule has 0 aromatic carbocycles. The summed E-state index contributed by atoms with van der Waals surface area (Å²) in [5.74, 6) is 4.74. The average molecular weight is 443 g/mol. The molecule has 0 radical (unpaired) electrons. The van der Waals surface area contributed by atoms with Crippen molar-refractivity contribution in [2.75, 3.05) is 0 Å². The summed E-state index contributed by atoms with van der Waals surface area (Å²) >= 11 is 0. The Morgan fingerprint density at radius 3 is 2.16 bits per heavy atom. The van der Waals surface area contributed by atoms with Crippen molar-refractivity contribution in [3.8, 4) is 0 Å². The monoisotopic (exact) mass is 442 g/mol. The Morgan fingerprint density at radius 2 is 1.50 bits per heavy atom. The minimum absolute atomic E-state index is 0.0746. The molecule has 4 saturated carbocycles. The molecular formula is C31H54O. The SMILES string of the molecule is C=C(CCC(C)C1CCC2(C)C3CCC4C(C)(C)C(O)CCC4(C)C3CCC12C)C(C)C. The number of aliphatic hydroxyl groups excluding tert-OH is 1. The molecule has 0 aromatic rings. The molecule has 1 nitrogen and oxygen atoms in total. The van der Waals surface area contributed by atoms with E-state index in [1.54, 1.807) is 0 Å². The maximum Gasteiger partial charge on any atom is 0.0594 e. The summed E-state index contributed by atoms with van der Waals surface area (Å²) < 4.78 is 0. The molecule has 0 heterocycles. The second-order valence-electron chi connectivity index (χ2n) is 14.6. The number of allylic oxidation sites excluding steroid dienone is 1. The van der Waals surface area contributed by atoms with Crippen LogP contribution in [0.25, 0.3) is 0 Å². The normalized spacial score (nSPS) is 48.6. The maximum absolute atomic E-state index is 10.8. The minimum atomic E-state index is -0.112. The zero-order valence-corrected chi connectivity index (χ0v) is 22.8. The van der Waals surface area contributed by atoms with Gasteiger partial charge in [0.2, 0.25) is 0 Å². The fourth-order valence-electron chi connectivity index (χ4n) is 10.4. The molecule has 0 bridgehead atoms. The van der Waals surface area contributed by atoms with E-state index in [9.17, 15) is 5.11 Å². The van der Waals surface area contributed by atoms with Crippen LogP contribution >= 0.6 is 0 Å². The lowest BCUT2D eigenvalue weighted by Gasteiger charge is -2.67. The maximum atomic E-state index is 10.8. The highest BCUT2D eigenvalue weighted by atomic mass is 16.3. The van der Waals surface area contributed by atoms with Gasteiger partial charge in [0.05, 0.1) is 6.10 Å². The van der Waals surface area contributed by atoms with E-state index in [2.05, 4.69) is 62.0 Å². The van der Waals surface area contributed by atoms with Crippen LogP contribution in [0.4, 0.5) is 0 Å². The van der Waals surface area contributed by atoms with Gasteiger partial charge in [-0.05, 0) is 121 Å². The fourth-order valence-corrected chi connectivity index (χ4v) is 10.4. The van der Waals surface area contributed by atoms with E-state index in [1.807, 2.05) is 0 Å². The summed E-state index contributed by atoms with van der Waals surface area (Å²) in [6.45, 7) is 24.3. The number of aliphatic hydroxyl groups is 1. The highest BCUT2D eigenvalue weighted by Crippen LogP contribution is 2.74. The summed E-state index contributed by atoms with van der Waals surface area (Å²) in [7, 11) is 0. The van der Waals surface area contributed by atoms with Crippen LogP contribution in [0.3, 0.4) is 0 Å². The first kappa shape index (κ1) is 24.8. The van der Waals surface area contributed by atoms with Gasteiger partial charge >= 0.3 is 0 Å². The van der Waals surface area contributed by atoms with Crippen molar-refractivity contribution >= 4 is 0 Å². The molecule has 1 N–H and O–H groups in total. The summed E-state index contributed by atoms with van der Waals surface area (Å²) in [5, 5.41) is 10.8. The van der Waals surface area contributed by atoms with Crippen molar-refractivity contribution in [2.24, 2.45) is 57.2 Å². The average Bonchev–Trinajstić information content (AvgIpc) is 3.00.